The van der Waals surface area contributed by atoms with Crippen LogP contribution in [0.4, 0.5) is 0 Å². The van der Waals surface area contributed by atoms with Gasteiger partial charge in [0.05, 0.1) is 6.54 Å². The van der Waals surface area contributed by atoms with E-state index >= 15 is 0 Å². The number of rotatable bonds is 3. The maximum absolute atomic E-state index is 10.5. The first-order valence-electron chi connectivity index (χ1n) is 5.09. The second kappa shape index (κ2) is 5.63. The summed E-state index contributed by atoms with van der Waals surface area (Å²) in [5, 5.41) is 16.1. The molecular weight excluding hydrogens is 282 g/mol. The molecule has 2 aliphatic rings. The predicted octanol–water partition coefficient (Wildman–Crippen LogP) is 0.413. The molecule has 1 N–H and O–H groups in total. The van der Waals surface area contributed by atoms with Gasteiger partial charge in [0, 0.05) is 18.2 Å². The highest BCUT2D eigenvalue weighted by molar-refractivity contribution is 8.05. The summed E-state index contributed by atoms with van der Waals surface area (Å²) >= 11 is 7.33. The minimum absolute atomic E-state index is 0.195. The van der Waals surface area contributed by atoms with Crippen LogP contribution in [-0.4, -0.2) is 52.7 Å². The van der Waals surface area contributed by atoms with Crippen molar-refractivity contribution in [1.29, 1.82) is 0 Å². The standard InChI is InChI=1S/C8H12ClN5O3S/c1-12-4-17-5-13(8(12)11-14(15)16)3-6-2-10-7(9)18-6/h2,7,10H,3-5H2,1H3/b11-8+. The molecule has 0 aromatic carbocycles. The van der Waals surface area contributed by atoms with E-state index < -0.39 is 5.03 Å². The second-order valence-electron chi connectivity index (χ2n) is 3.71. The highest BCUT2D eigenvalue weighted by atomic mass is 35.5. The summed E-state index contributed by atoms with van der Waals surface area (Å²) in [6, 6.07) is 0. The largest absolute Gasteiger partial charge is 0.366 e. The molecule has 18 heavy (non-hydrogen) atoms. The van der Waals surface area contributed by atoms with E-state index in [1.54, 1.807) is 23.0 Å². The fourth-order valence-electron chi connectivity index (χ4n) is 1.60. The minimum atomic E-state index is -0.705. The Morgan fingerprint density at radius 1 is 1.78 bits per heavy atom. The van der Waals surface area contributed by atoms with Gasteiger partial charge in [0.2, 0.25) is 0 Å². The maximum Gasteiger partial charge on any atom is 0.277 e. The van der Waals surface area contributed by atoms with Crippen LogP contribution in [0.2, 0.25) is 0 Å². The van der Waals surface area contributed by atoms with Crippen molar-refractivity contribution in [3.05, 3.63) is 21.2 Å². The number of halogens is 1. The van der Waals surface area contributed by atoms with Crippen LogP contribution in [0.5, 0.6) is 0 Å². The molecule has 10 heteroatoms. The van der Waals surface area contributed by atoms with Crippen molar-refractivity contribution in [2.24, 2.45) is 5.10 Å². The molecule has 0 aromatic heterocycles. The molecule has 0 radical (unpaired) electrons. The number of thioether (sulfide) groups is 1. The number of hydrogen-bond donors (Lipinski definition) is 1. The molecule has 0 aromatic rings. The monoisotopic (exact) mass is 293 g/mol. The van der Waals surface area contributed by atoms with Crippen molar-refractivity contribution in [3.63, 3.8) is 0 Å². The molecule has 1 unspecified atom stereocenters. The van der Waals surface area contributed by atoms with E-state index in [4.69, 9.17) is 16.3 Å². The first-order valence-corrected chi connectivity index (χ1v) is 6.40. The number of nitrogens with one attached hydrogen (secondary N) is 1. The van der Waals surface area contributed by atoms with Gasteiger partial charge in [-0.25, -0.2) is 10.1 Å². The van der Waals surface area contributed by atoms with E-state index in [9.17, 15) is 10.1 Å². The van der Waals surface area contributed by atoms with Crippen LogP contribution in [0.15, 0.2) is 16.2 Å². The lowest BCUT2D eigenvalue weighted by Gasteiger charge is -2.34. The lowest BCUT2D eigenvalue weighted by atomic mass is 10.5. The fraction of sp³-hybridized carbons (Fsp3) is 0.625. The summed E-state index contributed by atoms with van der Waals surface area (Å²) in [5.74, 6) is 0.283. The summed E-state index contributed by atoms with van der Waals surface area (Å²) < 4.78 is 5.30. The molecule has 0 bridgehead atoms. The van der Waals surface area contributed by atoms with Crippen molar-refractivity contribution < 1.29 is 9.77 Å². The van der Waals surface area contributed by atoms with Gasteiger partial charge in [0.1, 0.15) is 18.6 Å². The summed E-state index contributed by atoms with van der Waals surface area (Å²) in [6.45, 7) is 1.02. The van der Waals surface area contributed by atoms with Crippen LogP contribution in [0.25, 0.3) is 0 Å². The van der Waals surface area contributed by atoms with Gasteiger partial charge in [0.25, 0.3) is 5.96 Å². The summed E-state index contributed by atoms with van der Waals surface area (Å²) in [4.78, 5) is 14.6. The van der Waals surface area contributed by atoms with Gasteiger partial charge in [-0.1, -0.05) is 23.4 Å². The lowest BCUT2D eigenvalue weighted by Crippen LogP contribution is -2.50. The first kappa shape index (κ1) is 13.2. The molecule has 100 valence electrons. The smallest absolute Gasteiger partial charge is 0.277 e. The van der Waals surface area contributed by atoms with Gasteiger partial charge in [-0.2, -0.15) is 0 Å². The van der Waals surface area contributed by atoms with Gasteiger partial charge in [-0.05, 0) is 0 Å². The van der Waals surface area contributed by atoms with Crippen LogP contribution in [0.1, 0.15) is 0 Å². The molecule has 2 aliphatic heterocycles. The van der Waals surface area contributed by atoms with Crippen molar-refractivity contribution in [1.82, 2.24) is 15.1 Å². The van der Waals surface area contributed by atoms with Crippen LogP contribution in [0, 0.1) is 10.1 Å². The molecule has 0 amide bonds. The first-order chi connectivity index (χ1) is 8.56. The topological polar surface area (TPSA) is 83.2 Å². The Morgan fingerprint density at radius 3 is 3.17 bits per heavy atom. The van der Waals surface area contributed by atoms with Crippen molar-refractivity contribution >= 4 is 29.3 Å². The molecule has 1 saturated heterocycles. The van der Waals surface area contributed by atoms with Gasteiger partial charge < -0.3 is 19.9 Å². The second-order valence-corrected chi connectivity index (χ2v) is 5.63. The van der Waals surface area contributed by atoms with Gasteiger partial charge >= 0.3 is 0 Å². The highest BCUT2D eigenvalue weighted by Gasteiger charge is 2.27. The van der Waals surface area contributed by atoms with Gasteiger partial charge in [0.15, 0.2) is 9.87 Å². The maximum atomic E-state index is 10.5. The fourth-order valence-corrected chi connectivity index (χ4v) is 2.78. The number of ether oxygens (including phenoxy) is 1. The number of alkyl halides is 1. The van der Waals surface area contributed by atoms with E-state index in [0.717, 1.165) is 4.91 Å². The molecule has 1 atom stereocenters. The van der Waals surface area contributed by atoms with E-state index in [1.807, 2.05) is 0 Å². The Kier molecular flexibility index (Phi) is 4.15. The summed E-state index contributed by atoms with van der Waals surface area (Å²) in [7, 11) is 1.69. The molecule has 2 heterocycles. The molecule has 0 spiro atoms. The third-order valence-electron chi connectivity index (χ3n) is 2.30. The zero-order chi connectivity index (χ0) is 13.1. The number of guanidine groups is 1. The summed E-state index contributed by atoms with van der Waals surface area (Å²) in [6.07, 6.45) is 1.79. The quantitative estimate of drug-likeness (QED) is 0.349. The SMILES string of the molecule is CN1COCN(CC2=CNC(Cl)S2)/C1=N/[N+](=O)[O-]. The Labute approximate surface area is 113 Å². The van der Waals surface area contributed by atoms with Crippen molar-refractivity contribution in [2.75, 3.05) is 27.1 Å². The van der Waals surface area contributed by atoms with Crippen LogP contribution < -0.4 is 5.32 Å². The minimum Gasteiger partial charge on any atom is -0.366 e. The number of hydrogen-bond acceptors (Lipinski definition) is 5. The average molecular weight is 294 g/mol. The highest BCUT2D eigenvalue weighted by Crippen LogP contribution is 2.28. The molecule has 8 nitrogen and oxygen atoms in total. The lowest BCUT2D eigenvalue weighted by molar-refractivity contribution is -0.486. The average Bonchev–Trinajstić information content (AvgIpc) is 2.69. The normalized spacial score (nSPS) is 26.2. The Bertz CT molecular complexity index is 404. The Morgan fingerprint density at radius 2 is 2.56 bits per heavy atom. The van der Waals surface area contributed by atoms with Crippen LogP contribution >= 0.6 is 23.4 Å². The summed E-state index contributed by atoms with van der Waals surface area (Å²) in [5.41, 5.74) is 0. The van der Waals surface area contributed by atoms with Crippen LogP contribution in [0.3, 0.4) is 0 Å². The Hall–Kier alpha value is -1.19. The van der Waals surface area contributed by atoms with E-state index in [1.165, 1.54) is 11.8 Å². The van der Waals surface area contributed by atoms with Crippen LogP contribution in [-0.2, 0) is 4.74 Å². The molecule has 0 aliphatic carbocycles. The van der Waals surface area contributed by atoms with E-state index in [2.05, 4.69) is 10.4 Å². The molecule has 2 rings (SSSR count). The van der Waals surface area contributed by atoms with Crippen molar-refractivity contribution in [3.8, 4) is 0 Å². The number of nitro groups is 1. The molecule has 0 saturated carbocycles. The third kappa shape index (κ3) is 3.18. The number of hydrazone groups is 1. The zero-order valence-electron chi connectivity index (χ0n) is 9.58. The van der Waals surface area contributed by atoms with Crippen molar-refractivity contribution in [2.45, 2.75) is 4.83 Å². The predicted molar refractivity (Wildman–Crippen MR) is 68.2 cm³/mol. The molecular formula is C8H12ClN5O3S. The van der Waals surface area contributed by atoms with Gasteiger partial charge in [-0.15, -0.1) is 0 Å². The van der Waals surface area contributed by atoms with E-state index in [0.29, 0.717) is 6.54 Å². The Balaban J connectivity index is 2.07. The number of nitrogens with zero attached hydrogens (tertiary/aromatic N) is 4. The van der Waals surface area contributed by atoms with Gasteiger partial charge in [-0.3, -0.25) is 0 Å². The third-order valence-corrected chi connectivity index (χ3v) is 3.59. The van der Waals surface area contributed by atoms with E-state index in [-0.39, 0.29) is 24.3 Å². The zero-order valence-corrected chi connectivity index (χ0v) is 11.1. The molecule has 1 fully saturated rings.